The number of rotatable bonds is 3. The normalized spacial score (nSPS) is 12.9. The van der Waals surface area contributed by atoms with Crippen LogP contribution in [0, 0.1) is 0 Å². The molecule has 0 unspecified atom stereocenters. The summed E-state index contributed by atoms with van der Waals surface area (Å²) in [6.07, 6.45) is 4.37. The molecular formula is C20H16N6O. The zero-order chi connectivity index (χ0) is 18.2. The van der Waals surface area contributed by atoms with Crippen molar-refractivity contribution in [2.24, 2.45) is 0 Å². The number of anilines is 1. The molecule has 0 bridgehead atoms. The predicted octanol–water partition coefficient (Wildman–Crippen LogP) is 2.95. The lowest BCUT2D eigenvalue weighted by Gasteiger charge is -2.13. The number of hydrogen-bond donors (Lipinski definition) is 1. The fourth-order valence-electron chi connectivity index (χ4n) is 3.67. The van der Waals surface area contributed by atoms with E-state index in [2.05, 4.69) is 20.8 Å². The standard InChI is InChI=1S/C20H16N6O/c27-20(22-13-5-3-6-14(11-13)26-12-21-24-25-26)19-15-7-1-2-9-17(15)23-18-10-4-8-16(18)19/h1-3,5-7,9,11-12H,4,8,10H2,(H,22,27). The fraction of sp³-hybridized carbons (Fsp3) is 0.150. The van der Waals surface area contributed by atoms with E-state index in [-0.39, 0.29) is 5.91 Å². The summed E-state index contributed by atoms with van der Waals surface area (Å²) in [5.41, 5.74) is 5.19. The Bertz CT molecular complexity index is 1150. The van der Waals surface area contributed by atoms with Crippen molar-refractivity contribution in [3.63, 3.8) is 0 Å². The first kappa shape index (κ1) is 15.6. The van der Waals surface area contributed by atoms with Gasteiger partial charge in [0.2, 0.25) is 0 Å². The van der Waals surface area contributed by atoms with Crippen LogP contribution in [-0.4, -0.2) is 31.1 Å². The second-order valence-corrected chi connectivity index (χ2v) is 6.54. The highest BCUT2D eigenvalue weighted by Crippen LogP contribution is 2.30. The molecule has 1 N–H and O–H groups in total. The van der Waals surface area contributed by atoms with Crippen LogP contribution in [0.5, 0.6) is 0 Å². The van der Waals surface area contributed by atoms with Crippen molar-refractivity contribution in [1.29, 1.82) is 0 Å². The third-order valence-corrected chi connectivity index (χ3v) is 4.86. The lowest BCUT2D eigenvalue weighted by Crippen LogP contribution is -2.16. The number of carbonyl (C=O) groups excluding carboxylic acids is 1. The molecular weight excluding hydrogens is 340 g/mol. The summed E-state index contributed by atoms with van der Waals surface area (Å²) < 4.78 is 1.55. The van der Waals surface area contributed by atoms with E-state index in [0.717, 1.165) is 52.7 Å². The van der Waals surface area contributed by atoms with Gasteiger partial charge >= 0.3 is 0 Å². The number of benzene rings is 2. The fourth-order valence-corrected chi connectivity index (χ4v) is 3.67. The summed E-state index contributed by atoms with van der Waals surface area (Å²) >= 11 is 0. The van der Waals surface area contributed by atoms with Crippen LogP contribution in [0.1, 0.15) is 28.0 Å². The molecule has 7 heteroatoms. The van der Waals surface area contributed by atoms with Crippen molar-refractivity contribution in [3.8, 4) is 5.69 Å². The van der Waals surface area contributed by atoms with Gasteiger partial charge < -0.3 is 5.32 Å². The molecule has 5 rings (SSSR count). The van der Waals surface area contributed by atoms with Gasteiger partial charge in [-0.3, -0.25) is 9.78 Å². The minimum absolute atomic E-state index is 0.111. The van der Waals surface area contributed by atoms with E-state index in [9.17, 15) is 4.79 Å². The van der Waals surface area contributed by atoms with Gasteiger partial charge in [-0.05, 0) is 59.5 Å². The van der Waals surface area contributed by atoms with Gasteiger partial charge in [0.1, 0.15) is 6.33 Å². The van der Waals surface area contributed by atoms with Crippen LogP contribution >= 0.6 is 0 Å². The second kappa shape index (κ2) is 6.28. The van der Waals surface area contributed by atoms with Gasteiger partial charge in [-0.25, -0.2) is 4.68 Å². The first-order chi connectivity index (χ1) is 13.3. The van der Waals surface area contributed by atoms with E-state index in [1.807, 2.05) is 48.5 Å². The highest BCUT2D eigenvalue weighted by atomic mass is 16.1. The zero-order valence-corrected chi connectivity index (χ0v) is 14.5. The Morgan fingerprint density at radius 1 is 1.07 bits per heavy atom. The van der Waals surface area contributed by atoms with Crippen LogP contribution in [0.2, 0.25) is 0 Å². The molecule has 2 aromatic heterocycles. The van der Waals surface area contributed by atoms with Crippen molar-refractivity contribution in [3.05, 3.63) is 71.7 Å². The molecule has 0 atom stereocenters. The molecule has 0 spiro atoms. The van der Waals surface area contributed by atoms with E-state index in [1.54, 1.807) is 4.68 Å². The molecule has 2 heterocycles. The summed E-state index contributed by atoms with van der Waals surface area (Å²) in [5.74, 6) is -0.111. The lowest BCUT2D eigenvalue weighted by molar-refractivity contribution is 0.102. The first-order valence-electron chi connectivity index (χ1n) is 8.85. The van der Waals surface area contributed by atoms with Crippen LogP contribution in [0.15, 0.2) is 54.9 Å². The molecule has 2 aromatic carbocycles. The molecule has 1 amide bonds. The lowest BCUT2D eigenvalue weighted by atomic mass is 10.0. The van der Waals surface area contributed by atoms with E-state index < -0.39 is 0 Å². The molecule has 0 radical (unpaired) electrons. The number of tetrazole rings is 1. The molecule has 7 nitrogen and oxygen atoms in total. The highest BCUT2D eigenvalue weighted by molar-refractivity contribution is 6.13. The van der Waals surface area contributed by atoms with Gasteiger partial charge in [-0.2, -0.15) is 0 Å². The number of aromatic nitrogens is 5. The molecule has 4 aromatic rings. The number of nitrogens with zero attached hydrogens (tertiary/aromatic N) is 5. The van der Waals surface area contributed by atoms with E-state index in [0.29, 0.717) is 5.69 Å². The summed E-state index contributed by atoms with van der Waals surface area (Å²) in [4.78, 5) is 17.9. The van der Waals surface area contributed by atoms with Crippen molar-refractivity contribution in [2.45, 2.75) is 19.3 Å². The van der Waals surface area contributed by atoms with E-state index in [4.69, 9.17) is 4.98 Å². The molecule has 1 aliphatic carbocycles. The topological polar surface area (TPSA) is 85.6 Å². The average Bonchev–Trinajstić information content (AvgIpc) is 3.38. The maximum absolute atomic E-state index is 13.2. The Balaban J connectivity index is 1.55. The van der Waals surface area contributed by atoms with Crippen molar-refractivity contribution >= 4 is 22.5 Å². The van der Waals surface area contributed by atoms with E-state index in [1.165, 1.54) is 6.33 Å². The highest BCUT2D eigenvalue weighted by Gasteiger charge is 2.23. The van der Waals surface area contributed by atoms with Gasteiger partial charge in [0.25, 0.3) is 5.91 Å². The molecule has 132 valence electrons. The largest absolute Gasteiger partial charge is 0.322 e. The van der Waals surface area contributed by atoms with Crippen LogP contribution in [-0.2, 0) is 12.8 Å². The van der Waals surface area contributed by atoms with E-state index >= 15 is 0 Å². The van der Waals surface area contributed by atoms with Gasteiger partial charge in [0.15, 0.2) is 0 Å². The van der Waals surface area contributed by atoms with Gasteiger partial charge in [0, 0.05) is 16.8 Å². The van der Waals surface area contributed by atoms with Gasteiger partial charge in [-0.1, -0.05) is 24.3 Å². The van der Waals surface area contributed by atoms with Crippen LogP contribution < -0.4 is 5.32 Å². The van der Waals surface area contributed by atoms with Crippen LogP contribution in [0.4, 0.5) is 5.69 Å². The number of carbonyl (C=O) groups is 1. The summed E-state index contributed by atoms with van der Waals surface area (Å²) in [5, 5.41) is 15.1. The number of pyridine rings is 1. The molecule has 1 aliphatic rings. The Labute approximate surface area is 155 Å². The molecule has 0 fully saturated rings. The quantitative estimate of drug-likeness (QED) is 0.610. The van der Waals surface area contributed by atoms with Crippen LogP contribution in [0.3, 0.4) is 0 Å². The zero-order valence-electron chi connectivity index (χ0n) is 14.5. The number of aryl methyl sites for hydroxylation is 1. The number of hydrogen-bond acceptors (Lipinski definition) is 5. The third kappa shape index (κ3) is 2.73. The summed E-state index contributed by atoms with van der Waals surface area (Å²) in [7, 11) is 0. The number of nitrogens with one attached hydrogen (secondary N) is 1. The average molecular weight is 356 g/mol. The number of amides is 1. The number of para-hydroxylation sites is 1. The first-order valence-corrected chi connectivity index (χ1v) is 8.85. The monoisotopic (exact) mass is 356 g/mol. The maximum Gasteiger partial charge on any atom is 0.256 e. The van der Waals surface area contributed by atoms with Crippen molar-refractivity contribution in [2.75, 3.05) is 5.32 Å². The van der Waals surface area contributed by atoms with Crippen molar-refractivity contribution in [1.82, 2.24) is 25.2 Å². The summed E-state index contributed by atoms with van der Waals surface area (Å²) in [6, 6.07) is 15.3. The molecule has 0 saturated carbocycles. The Hall–Kier alpha value is -3.61. The second-order valence-electron chi connectivity index (χ2n) is 6.54. The smallest absolute Gasteiger partial charge is 0.256 e. The SMILES string of the molecule is O=C(Nc1cccc(-n2cnnn2)c1)c1c2c(nc3ccccc13)CCC2. The minimum atomic E-state index is -0.111. The predicted molar refractivity (Wildman–Crippen MR) is 101 cm³/mol. The minimum Gasteiger partial charge on any atom is -0.322 e. The molecule has 0 aliphatic heterocycles. The molecule has 0 saturated heterocycles. The van der Waals surface area contributed by atoms with Crippen LogP contribution in [0.25, 0.3) is 16.6 Å². The van der Waals surface area contributed by atoms with Gasteiger partial charge in [0.05, 0.1) is 16.8 Å². The third-order valence-electron chi connectivity index (χ3n) is 4.86. The van der Waals surface area contributed by atoms with Gasteiger partial charge in [-0.15, -0.1) is 5.10 Å². The van der Waals surface area contributed by atoms with Crippen molar-refractivity contribution < 1.29 is 4.79 Å². The summed E-state index contributed by atoms with van der Waals surface area (Å²) in [6.45, 7) is 0. The molecule has 27 heavy (non-hydrogen) atoms. The Morgan fingerprint density at radius 2 is 2.00 bits per heavy atom. The Morgan fingerprint density at radius 3 is 2.89 bits per heavy atom. The Kier molecular flexibility index (Phi) is 3.64. The maximum atomic E-state index is 13.2. The number of fused-ring (bicyclic) bond motifs is 2.